The van der Waals surface area contributed by atoms with Crippen LogP contribution >= 0.6 is 0 Å². The van der Waals surface area contributed by atoms with Crippen molar-refractivity contribution in [3.05, 3.63) is 52.4 Å². The third-order valence-corrected chi connectivity index (χ3v) is 6.32. The molecule has 174 valence electrons. The molecule has 33 heavy (non-hydrogen) atoms. The van der Waals surface area contributed by atoms with Crippen LogP contribution < -0.4 is 19.6 Å². The van der Waals surface area contributed by atoms with Crippen molar-refractivity contribution >= 4 is 11.0 Å². The van der Waals surface area contributed by atoms with Crippen LogP contribution in [0.15, 0.2) is 45.8 Å². The minimum atomic E-state index is -0.0864. The normalized spacial score (nSPS) is 16.9. The van der Waals surface area contributed by atoms with E-state index in [1.807, 2.05) is 12.1 Å². The van der Waals surface area contributed by atoms with Crippen LogP contribution in [-0.2, 0) is 11.3 Å². The third-order valence-electron chi connectivity index (χ3n) is 6.32. The van der Waals surface area contributed by atoms with Gasteiger partial charge in [0.2, 0.25) is 5.43 Å². The minimum Gasteiger partial charge on any atom is -0.493 e. The number of morpholine rings is 1. The summed E-state index contributed by atoms with van der Waals surface area (Å²) in [7, 11) is 3.15. The monoisotopic (exact) mass is 452 g/mol. The Morgan fingerprint density at radius 2 is 1.76 bits per heavy atom. The topological polar surface area (TPSA) is 73.6 Å². The molecule has 0 amide bonds. The van der Waals surface area contributed by atoms with Crippen LogP contribution in [0, 0.1) is 0 Å². The van der Waals surface area contributed by atoms with E-state index in [0.717, 1.165) is 50.7 Å². The molecule has 8 nitrogen and oxygen atoms in total. The Morgan fingerprint density at radius 3 is 2.55 bits per heavy atom. The molecule has 0 spiro atoms. The molecular weight excluding hydrogens is 424 g/mol. The number of fused-ring (bicyclic) bond motifs is 3. The molecule has 8 heteroatoms. The van der Waals surface area contributed by atoms with Crippen molar-refractivity contribution in [2.45, 2.75) is 6.54 Å². The Labute approximate surface area is 192 Å². The van der Waals surface area contributed by atoms with Gasteiger partial charge in [-0.15, -0.1) is 0 Å². The summed E-state index contributed by atoms with van der Waals surface area (Å²) in [5, 5.41) is 0.541. The molecule has 1 aromatic heterocycles. The first-order valence-corrected chi connectivity index (χ1v) is 11.1. The van der Waals surface area contributed by atoms with Gasteiger partial charge in [0.1, 0.15) is 24.3 Å². The molecular formula is C25H28N2O6. The maximum Gasteiger partial charge on any atom is 0.200 e. The quantitative estimate of drug-likeness (QED) is 0.565. The predicted octanol–water partition coefficient (Wildman–Crippen LogP) is 2.96. The van der Waals surface area contributed by atoms with E-state index < -0.39 is 0 Å². The van der Waals surface area contributed by atoms with E-state index in [0.29, 0.717) is 46.9 Å². The van der Waals surface area contributed by atoms with Gasteiger partial charge in [-0.1, -0.05) is 6.07 Å². The lowest BCUT2D eigenvalue weighted by Crippen LogP contribution is -2.43. The highest BCUT2D eigenvalue weighted by molar-refractivity contribution is 5.86. The lowest BCUT2D eigenvalue weighted by Gasteiger charge is -2.32. The average molecular weight is 453 g/mol. The fourth-order valence-electron chi connectivity index (χ4n) is 4.41. The minimum absolute atomic E-state index is 0.0864. The first kappa shape index (κ1) is 21.8. The number of hydrogen-bond acceptors (Lipinski definition) is 8. The molecule has 0 N–H and O–H groups in total. The van der Waals surface area contributed by atoms with Crippen molar-refractivity contribution in [2.75, 3.05) is 60.3 Å². The van der Waals surface area contributed by atoms with Crippen molar-refractivity contribution in [1.82, 2.24) is 9.80 Å². The standard InChI is InChI=1S/C25H28N2O6/c1-29-22-5-3-17(13-23(22)30-2)20-15-32-25-18(24(20)28)4-6-21-19(25)14-27(16-33-21)8-7-26-9-11-31-12-10-26/h3-6,13,15H,7-12,14,16H2,1-2H3. The smallest absolute Gasteiger partial charge is 0.200 e. The molecule has 0 atom stereocenters. The number of nitrogens with zero attached hydrogens (tertiary/aromatic N) is 2. The lowest BCUT2D eigenvalue weighted by atomic mass is 10.0. The van der Waals surface area contributed by atoms with Crippen molar-refractivity contribution < 1.29 is 23.4 Å². The highest BCUT2D eigenvalue weighted by atomic mass is 16.5. The Morgan fingerprint density at radius 1 is 0.970 bits per heavy atom. The van der Waals surface area contributed by atoms with Crippen LogP contribution in [0.5, 0.6) is 17.2 Å². The number of hydrogen-bond donors (Lipinski definition) is 0. The summed E-state index contributed by atoms with van der Waals surface area (Å²) in [6.45, 7) is 6.54. The first-order chi connectivity index (χ1) is 16.2. The van der Waals surface area contributed by atoms with Gasteiger partial charge in [0.05, 0.1) is 43.9 Å². The molecule has 0 aliphatic carbocycles. The second kappa shape index (κ2) is 9.43. The van der Waals surface area contributed by atoms with Gasteiger partial charge in [0, 0.05) is 32.7 Å². The van der Waals surface area contributed by atoms with Crippen LogP contribution in [0.4, 0.5) is 0 Å². The number of benzene rings is 2. The van der Waals surface area contributed by atoms with Crippen LogP contribution in [0.3, 0.4) is 0 Å². The molecule has 2 aliphatic heterocycles. The molecule has 0 radical (unpaired) electrons. The van der Waals surface area contributed by atoms with Gasteiger partial charge in [-0.3, -0.25) is 14.6 Å². The molecule has 5 rings (SSSR count). The van der Waals surface area contributed by atoms with Crippen molar-refractivity contribution in [3.63, 3.8) is 0 Å². The van der Waals surface area contributed by atoms with E-state index in [2.05, 4.69) is 9.80 Å². The number of rotatable bonds is 6. The van der Waals surface area contributed by atoms with Gasteiger partial charge >= 0.3 is 0 Å². The first-order valence-electron chi connectivity index (χ1n) is 11.1. The summed E-state index contributed by atoms with van der Waals surface area (Å²) < 4.78 is 28.1. The zero-order chi connectivity index (χ0) is 22.8. The molecule has 0 bridgehead atoms. The van der Waals surface area contributed by atoms with Crippen molar-refractivity contribution in [2.24, 2.45) is 0 Å². The molecule has 3 heterocycles. The molecule has 1 fully saturated rings. The van der Waals surface area contributed by atoms with Gasteiger partial charge < -0.3 is 23.4 Å². The second-order valence-corrected chi connectivity index (χ2v) is 8.25. The second-order valence-electron chi connectivity index (χ2n) is 8.25. The van der Waals surface area contributed by atoms with Crippen molar-refractivity contribution in [1.29, 1.82) is 0 Å². The molecule has 0 saturated carbocycles. The maximum absolute atomic E-state index is 13.4. The number of ether oxygens (including phenoxy) is 4. The largest absolute Gasteiger partial charge is 0.493 e. The SMILES string of the molecule is COc1ccc(-c2coc3c4c(ccc3c2=O)OCN(CCN2CCOCC2)C4)cc1OC. The van der Waals surface area contributed by atoms with E-state index in [9.17, 15) is 4.79 Å². The number of methoxy groups -OCH3 is 2. The van der Waals surface area contributed by atoms with Crippen LogP contribution in [0.25, 0.3) is 22.1 Å². The van der Waals surface area contributed by atoms with E-state index in [-0.39, 0.29) is 5.43 Å². The third kappa shape index (κ3) is 4.29. The van der Waals surface area contributed by atoms with E-state index >= 15 is 0 Å². The maximum atomic E-state index is 13.4. The molecule has 2 aliphatic rings. The highest BCUT2D eigenvalue weighted by Crippen LogP contribution is 2.34. The van der Waals surface area contributed by atoms with Gasteiger partial charge in [-0.25, -0.2) is 0 Å². The molecule has 2 aromatic carbocycles. The van der Waals surface area contributed by atoms with E-state index in [4.69, 9.17) is 23.4 Å². The van der Waals surface area contributed by atoms with Gasteiger partial charge in [0.15, 0.2) is 11.5 Å². The highest BCUT2D eigenvalue weighted by Gasteiger charge is 2.23. The Kier molecular flexibility index (Phi) is 6.22. The summed E-state index contributed by atoms with van der Waals surface area (Å²) in [6.07, 6.45) is 1.53. The van der Waals surface area contributed by atoms with E-state index in [1.165, 1.54) is 6.26 Å². The predicted molar refractivity (Wildman–Crippen MR) is 124 cm³/mol. The molecule has 0 unspecified atom stereocenters. The van der Waals surface area contributed by atoms with Crippen LogP contribution in [-0.4, -0.2) is 70.1 Å². The summed E-state index contributed by atoms with van der Waals surface area (Å²) in [5.74, 6) is 1.94. The Balaban J connectivity index is 1.43. The zero-order valence-electron chi connectivity index (χ0n) is 19.0. The fourth-order valence-corrected chi connectivity index (χ4v) is 4.41. The Bertz CT molecular complexity index is 1200. The lowest BCUT2D eigenvalue weighted by molar-refractivity contribution is 0.0241. The summed E-state index contributed by atoms with van der Waals surface area (Å²) in [4.78, 5) is 18.0. The van der Waals surface area contributed by atoms with E-state index in [1.54, 1.807) is 32.4 Å². The van der Waals surface area contributed by atoms with Crippen LogP contribution in [0.1, 0.15) is 5.56 Å². The van der Waals surface area contributed by atoms with Crippen LogP contribution in [0.2, 0.25) is 0 Å². The average Bonchev–Trinajstić information content (AvgIpc) is 2.87. The molecule has 1 saturated heterocycles. The molecule has 3 aromatic rings. The summed E-state index contributed by atoms with van der Waals surface area (Å²) >= 11 is 0. The van der Waals surface area contributed by atoms with Gasteiger partial charge in [-0.05, 0) is 29.8 Å². The van der Waals surface area contributed by atoms with Gasteiger partial charge in [-0.2, -0.15) is 0 Å². The zero-order valence-corrected chi connectivity index (χ0v) is 19.0. The van der Waals surface area contributed by atoms with Crippen molar-refractivity contribution in [3.8, 4) is 28.4 Å². The Hall–Kier alpha value is -3.07. The summed E-state index contributed by atoms with van der Waals surface area (Å²) in [6, 6.07) is 9.05. The fraction of sp³-hybridized carbons (Fsp3) is 0.400. The summed E-state index contributed by atoms with van der Waals surface area (Å²) in [5.41, 5.74) is 2.60. The van der Waals surface area contributed by atoms with Gasteiger partial charge in [0.25, 0.3) is 0 Å².